The standard InChI is InChI=1S/C15H26N2O2/c1-16-13-14-7-4-5-8-15(14)19-12-11-18-10-6-9-17(2)3/h4-5,7-8,16H,6,9-13H2,1-3H3. The SMILES string of the molecule is CNCc1ccccc1OCCOCCCN(C)C. The lowest BCUT2D eigenvalue weighted by molar-refractivity contribution is 0.0943. The van der Waals surface area contributed by atoms with E-state index in [1.165, 1.54) is 5.56 Å². The molecule has 0 spiro atoms. The first-order valence-electron chi connectivity index (χ1n) is 6.82. The minimum atomic E-state index is 0.600. The van der Waals surface area contributed by atoms with Gasteiger partial charge in [-0.15, -0.1) is 0 Å². The van der Waals surface area contributed by atoms with E-state index in [0.29, 0.717) is 13.2 Å². The van der Waals surface area contributed by atoms with Crippen LogP contribution in [0.5, 0.6) is 5.75 Å². The first-order valence-corrected chi connectivity index (χ1v) is 6.82. The molecule has 1 N–H and O–H groups in total. The van der Waals surface area contributed by atoms with Crippen LogP contribution in [0.4, 0.5) is 0 Å². The van der Waals surface area contributed by atoms with Crippen molar-refractivity contribution in [2.45, 2.75) is 13.0 Å². The van der Waals surface area contributed by atoms with Gasteiger partial charge in [-0.1, -0.05) is 18.2 Å². The van der Waals surface area contributed by atoms with Crippen molar-refractivity contribution < 1.29 is 9.47 Å². The Morgan fingerprint density at radius 1 is 1.11 bits per heavy atom. The predicted octanol–water partition coefficient (Wildman–Crippen LogP) is 1.75. The topological polar surface area (TPSA) is 33.7 Å². The maximum atomic E-state index is 5.74. The lowest BCUT2D eigenvalue weighted by Gasteiger charge is -2.12. The molecule has 0 aromatic heterocycles. The molecule has 0 atom stereocenters. The molecule has 0 saturated carbocycles. The summed E-state index contributed by atoms with van der Waals surface area (Å²) in [6, 6.07) is 8.09. The van der Waals surface area contributed by atoms with Crippen molar-refractivity contribution in [3.05, 3.63) is 29.8 Å². The first-order chi connectivity index (χ1) is 9.24. The quantitative estimate of drug-likeness (QED) is 0.654. The van der Waals surface area contributed by atoms with Gasteiger partial charge in [0.15, 0.2) is 0 Å². The molecular formula is C15H26N2O2. The van der Waals surface area contributed by atoms with Gasteiger partial charge < -0.3 is 19.7 Å². The Bertz CT molecular complexity index is 343. The second kappa shape index (κ2) is 9.78. The van der Waals surface area contributed by atoms with Gasteiger partial charge in [0.2, 0.25) is 0 Å². The molecule has 0 bridgehead atoms. The largest absolute Gasteiger partial charge is 0.491 e. The Morgan fingerprint density at radius 2 is 1.89 bits per heavy atom. The molecule has 0 unspecified atom stereocenters. The van der Waals surface area contributed by atoms with E-state index >= 15 is 0 Å². The Morgan fingerprint density at radius 3 is 2.63 bits per heavy atom. The summed E-state index contributed by atoms with van der Waals surface area (Å²) in [5.74, 6) is 0.939. The average Bonchev–Trinajstić information content (AvgIpc) is 2.39. The van der Waals surface area contributed by atoms with Crippen LogP contribution in [0.2, 0.25) is 0 Å². The molecule has 108 valence electrons. The highest BCUT2D eigenvalue weighted by molar-refractivity contribution is 5.33. The number of hydrogen-bond donors (Lipinski definition) is 1. The van der Waals surface area contributed by atoms with Crippen LogP contribution in [0.1, 0.15) is 12.0 Å². The second-order valence-corrected chi connectivity index (χ2v) is 4.76. The number of rotatable bonds is 10. The third kappa shape index (κ3) is 7.15. The minimum Gasteiger partial charge on any atom is -0.491 e. The smallest absolute Gasteiger partial charge is 0.123 e. The van der Waals surface area contributed by atoms with E-state index in [-0.39, 0.29) is 0 Å². The van der Waals surface area contributed by atoms with Crippen molar-refractivity contribution in [3.8, 4) is 5.75 Å². The van der Waals surface area contributed by atoms with E-state index < -0.39 is 0 Å². The van der Waals surface area contributed by atoms with Crippen LogP contribution in [0.3, 0.4) is 0 Å². The number of benzene rings is 1. The molecule has 19 heavy (non-hydrogen) atoms. The molecule has 1 aromatic rings. The van der Waals surface area contributed by atoms with E-state index in [9.17, 15) is 0 Å². The molecule has 0 radical (unpaired) electrons. The van der Waals surface area contributed by atoms with Gasteiger partial charge in [-0.25, -0.2) is 0 Å². The number of nitrogens with zero attached hydrogens (tertiary/aromatic N) is 1. The van der Waals surface area contributed by atoms with E-state index in [2.05, 4.69) is 30.4 Å². The molecule has 0 saturated heterocycles. The van der Waals surface area contributed by atoms with Crippen LogP contribution >= 0.6 is 0 Å². The Hall–Kier alpha value is -1.10. The van der Waals surface area contributed by atoms with Crippen molar-refractivity contribution in [1.29, 1.82) is 0 Å². The van der Waals surface area contributed by atoms with Gasteiger partial charge in [0, 0.05) is 18.7 Å². The number of hydrogen-bond acceptors (Lipinski definition) is 4. The van der Waals surface area contributed by atoms with Crippen LogP contribution in [-0.2, 0) is 11.3 Å². The summed E-state index contributed by atoms with van der Waals surface area (Å²) in [7, 11) is 6.08. The summed E-state index contributed by atoms with van der Waals surface area (Å²) in [6.45, 7) is 3.91. The van der Waals surface area contributed by atoms with Crippen LogP contribution < -0.4 is 10.1 Å². The zero-order valence-corrected chi connectivity index (χ0v) is 12.3. The third-order valence-electron chi connectivity index (χ3n) is 2.72. The van der Waals surface area contributed by atoms with E-state index in [0.717, 1.165) is 31.9 Å². The summed E-state index contributed by atoms with van der Waals surface area (Å²) in [4.78, 5) is 2.16. The summed E-state index contributed by atoms with van der Waals surface area (Å²) in [5, 5.41) is 3.14. The van der Waals surface area contributed by atoms with Crippen molar-refractivity contribution in [3.63, 3.8) is 0 Å². The molecule has 4 heteroatoms. The molecular weight excluding hydrogens is 240 g/mol. The predicted molar refractivity (Wildman–Crippen MR) is 78.7 cm³/mol. The van der Waals surface area contributed by atoms with Gasteiger partial charge in [-0.2, -0.15) is 0 Å². The van der Waals surface area contributed by atoms with E-state index in [1.807, 2.05) is 25.2 Å². The van der Waals surface area contributed by atoms with Crippen LogP contribution in [0.15, 0.2) is 24.3 Å². The molecule has 1 rings (SSSR count). The summed E-state index contributed by atoms with van der Waals surface area (Å²) >= 11 is 0. The van der Waals surface area contributed by atoms with Gasteiger partial charge >= 0.3 is 0 Å². The van der Waals surface area contributed by atoms with Gasteiger partial charge in [0.1, 0.15) is 12.4 Å². The Kier molecular flexibility index (Phi) is 8.21. The highest BCUT2D eigenvalue weighted by Crippen LogP contribution is 2.17. The molecule has 0 heterocycles. The van der Waals surface area contributed by atoms with Crippen molar-refractivity contribution >= 4 is 0 Å². The van der Waals surface area contributed by atoms with Crippen molar-refractivity contribution in [1.82, 2.24) is 10.2 Å². The van der Waals surface area contributed by atoms with Gasteiger partial charge in [-0.05, 0) is 40.2 Å². The molecule has 1 aromatic carbocycles. The second-order valence-electron chi connectivity index (χ2n) is 4.76. The molecule has 0 fully saturated rings. The van der Waals surface area contributed by atoms with E-state index in [1.54, 1.807) is 0 Å². The molecule has 0 amide bonds. The Labute approximate surface area is 116 Å². The Balaban J connectivity index is 2.15. The molecule has 4 nitrogen and oxygen atoms in total. The van der Waals surface area contributed by atoms with Crippen molar-refractivity contribution in [2.75, 3.05) is 47.5 Å². The van der Waals surface area contributed by atoms with Gasteiger partial charge in [0.25, 0.3) is 0 Å². The van der Waals surface area contributed by atoms with E-state index in [4.69, 9.17) is 9.47 Å². The van der Waals surface area contributed by atoms with Crippen LogP contribution in [0, 0.1) is 0 Å². The fourth-order valence-electron chi connectivity index (χ4n) is 1.78. The monoisotopic (exact) mass is 266 g/mol. The molecule has 0 aliphatic heterocycles. The summed E-state index contributed by atoms with van der Waals surface area (Å²) in [5.41, 5.74) is 1.18. The summed E-state index contributed by atoms with van der Waals surface area (Å²) in [6.07, 6.45) is 1.06. The van der Waals surface area contributed by atoms with Crippen LogP contribution in [0.25, 0.3) is 0 Å². The lowest BCUT2D eigenvalue weighted by atomic mass is 10.2. The number of para-hydroxylation sites is 1. The lowest BCUT2D eigenvalue weighted by Crippen LogP contribution is -2.16. The maximum absolute atomic E-state index is 5.74. The average molecular weight is 266 g/mol. The maximum Gasteiger partial charge on any atom is 0.123 e. The highest BCUT2D eigenvalue weighted by atomic mass is 16.5. The zero-order chi connectivity index (χ0) is 13.9. The minimum absolute atomic E-state index is 0.600. The fraction of sp³-hybridized carbons (Fsp3) is 0.600. The zero-order valence-electron chi connectivity index (χ0n) is 12.3. The molecule has 0 aliphatic carbocycles. The number of nitrogens with one attached hydrogen (secondary N) is 1. The molecule has 0 aliphatic rings. The third-order valence-corrected chi connectivity index (χ3v) is 2.72. The fourth-order valence-corrected chi connectivity index (χ4v) is 1.78. The van der Waals surface area contributed by atoms with Crippen molar-refractivity contribution in [2.24, 2.45) is 0 Å². The summed E-state index contributed by atoms with van der Waals surface area (Å²) < 4.78 is 11.3. The highest BCUT2D eigenvalue weighted by Gasteiger charge is 2.01. The number of ether oxygens (including phenoxy) is 2. The van der Waals surface area contributed by atoms with Crippen LogP contribution in [-0.4, -0.2) is 52.4 Å². The normalized spacial score (nSPS) is 10.9. The van der Waals surface area contributed by atoms with Gasteiger partial charge in [0.05, 0.1) is 6.61 Å². The van der Waals surface area contributed by atoms with Gasteiger partial charge in [-0.3, -0.25) is 0 Å². The first kappa shape index (κ1) is 16.0.